The molecule has 1 heterocycles. The summed E-state index contributed by atoms with van der Waals surface area (Å²) in [5.74, 6) is -1.21. The number of fused-ring (bicyclic) bond motifs is 1. The lowest BCUT2D eigenvalue weighted by molar-refractivity contribution is -0.154. The zero-order chi connectivity index (χ0) is 24.9. The molecule has 0 radical (unpaired) electrons. The molecule has 3 unspecified atom stereocenters. The van der Waals surface area contributed by atoms with Gasteiger partial charge in [0, 0.05) is 6.42 Å². The molecule has 0 bridgehead atoms. The average Bonchev–Trinajstić information content (AvgIpc) is 2.78. The normalized spacial score (nSPS) is 21.8. The quantitative estimate of drug-likeness (QED) is 0.488. The largest absolute Gasteiger partial charge is 0.493 e. The first-order valence-electron chi connectivity index (χ1n) is 11.0. The molecule has 3 rings (SSSR count). The molecule has 34 heavy (non-hydrogen) atoms. The minimum Gasteiger partial charge on any atom is -0.493 e. The number of carbonyl (C=O) groups excluding carboxylic acids is 4. The number of alkyl carbamates (subject to hydrolysis) is 1. The minimum atomic E-state index is -0.702. The molecule has 0 saturated heterocycles. The standard InChI is InChI=1S/C24H29NO9/c1-24(2,3)34-23(29)25-12-20(26)33-16-9-10-17-18(11-16)31-13-19(21(17)27)32-15-7-5-14(6-8-15)22(28)30-4/h5-8,13,16-18H,9-12H2,1-4H3,(H,25,29). The Bertz CT molecular complexity index is 962. The highest BCUT2D eigenvalue weighted by atomic mass is 16.6. The van der Waals surface area contributed by atoms with Gasteiger partial charge in [0.15, 0.2) is 0 Å². The van der Waals surface area contributed by atoms with E-state index in [0.717, 1.165) is 0 Å². The van der Waals surface area contributed by atoms with Crippen molar-refractivity contribution in [3.8, 4) is 5.75 Å². The van der Waals surface area contributed by atoms with Crippen LogP contribution in [0.25, 0.3) is 0 Å². The predicted molar refractivity (Wildman–Crippen MR) is 118 cm³/mol. The zero-order valence-corrected chi connectivity index (χ0v) is 19.6. The van der Waals surface area contributed by atoms with Gasteiger partial charge < -0.3 is 29.0 Å². The molecule has 3 atom stereocenters. The zero-order valence-electron chi connectivity index (χ0n) is 19.6. The molecule has 1 aliphatic carbocycles. The number of esters is 2. The van der Waals surface area contributed by atoms with Crippen molar-refractivity contribution in [3.63, 3.8) is 0 Å². The summed E-state index contributed by atoms with van der Waals surface area (Å²) in [7, 11) is 1.29. The maximum atomic E-state index is 12.9. The van der Waals surface area contributed by atoms with E-state index in [0.29, 0.717) is 30.6 Å². The molecule has 2 aliphatic rings. The lowest BCUT2D eigenvalue weighted by atomic mass is 9.80. The van der Waals surface area contributed by atoms with Crippen molar-refractivity contribution in [1.82, 2.24) is 5.32 Å². The number of ketones is 1. The molecule has 184 valence electrons. The van der Waals surface area contributed by atoms with Crippen molar-refractivity contribution in [3.05, 3.63) is 41.9 Å². The van der Waals surface area contributed by atoms with Gasteiger partial charge in [0.1, 0.15) is 36.4 Å². The Morgan fingerprint density at radius 2 is 1.82 bits per heavy atom. The van der Waals surface area contributed by atoms with E-state index in [-0.39, 0.29) is 18.1 Å². The van der Waals surface area contributed by atoms with E-state index in [2.05, 4.69) is 10.1 Å². The minimum absolute atomic E-state index is 0.0732. The molecule has 1 saturated carbocycles. The molecule has 1 aliphatic heterocycles. The summed E-state index contributed by atoms with van der Waals surface area (Å²) < 4.78 is 26.5. The van der Waals surface area contributed by atoms with Crippen LogP contribution in [0.15, 0.2) is 36.3 Å². The Morgan fingerprint density at radius 1 is 1.12 bits per heavy atom. The summed E-state index contributed by atoms with van der Waals surface area (Å²) in [5.41, 5.74) is -0.302. The number of carbonyl (C=O) groups is 4. The monoisotopic (exact) mass is 475 g/mol. The lowest BCUT2D eigenvalue weighted by Gasteiger charge is -2.36. The van der Waals surface area contributed by atoms with Crippen LogP contribution in [0.3, 0.4) is 0 Å². The molecule has 10 nitrogen and oxygen atoms in total. The highest BCUT2D eigenvalue weighted by Crippen LogP contribution is 2.35. The van der Waals surface area contributed by atoms with E-state index in [9.17, 15) is 19.2 Å². The van der Waals surface area contributed by atoms with Gasteiger partial charge in [-0.05, 0) is 57.9 Å². The van der Waals surface area contributed by atoms with Crippen molar-refractivity contribution >= 4 is 23.8 Å². The molecule has 0 spiro atoms. The van der Waals surface area contributed by atoms with Crippen LogP contribution < -0.4 is 10.1 Å². The molecule has 1 aromatic carbocycles. The number of amides is 1. The Balaban J connectivity index is 1.50. The van der Waals surface area contributed by atoms with Gasteiger partial charge in [0.25, 0.3) is 0 Å². The molecular weight excluding hydrogens is 446 g/mol. The number of hydrogen-bond acceptors (Lipinski definition) is 9. The van der Waals surface area contributed by atoms with E-state index in [1.54, 1.807) is 32.9 Å². The number of rotatable bonds is 6. The van der Waals surface area contributed by atoms with Crippen LogP contribution in [-0.4, -0.2) is 55.3 Å². The van der Waals surface area contributed by atoms with Crippen molar-refractivity contribution in [2.45, 2.75) is 57.8 Å². The van der Waals surface area contributed by atoms with Gasteiger partial charge in [-0.2, -0.15) is 0 Å². The summed E-state index contributed by atoms with van der Waals surface area (Å²) in [5, 5.41) is 2.36. The summed E-state index contributed by atoms with van der Waals surface area (Å²) in [6, 6.07) is 6.20. The van der Waals surface area contributed by atoms with Gasteiger partial charge in [0.05, 0.1) is 18.6 Å². The molecule has 1 aromatic rings. The number of ether oxygens (including phenoxy) is 5. The molecule has 10 heteroatoms. The first-order chi connectivity index (χ1) is 16.1. The number of hydrogen-bond donors (Lipinski definition) is 1. The Kier molecular flexibility index (Phi) is 7.80. The molecule has 0 aromatic heterocycles. The second-order valence-electron chi connectivity index (χ2n) is 9.03. The van der Waals surface area contributed by atoms with Crippen molar-refractivity contribution in [2.24, 2.45) is 5.92 Å². The van der Waals surface area contributed by atoms with E-state index in [4.69, 9.17) is 18.9 Å². The van der Waals surface area contributed by atoms with Gasteiger partial charge >= 0.3 is 18.0 Å². The van der Waals surface area contributed by atoms with Crippen molar-refractivity contribution in [2.75, 3.05) is 13.7 Å². The average molecular weight is 475 g/mol. The van der Waals surface area contributed by atoms with Gasteiger partial charge in [-0.15, -0.1) is 0 Å². The van der Waals surface area contributed by atoms with Gasteiger partial charge in [-0.3, -0.25) is 9.59 Å². The first-order valence-corrected chi connectivity index (χ1v) is 11.0. The van der Waals surface area contributed by atoms with E-state index in [1.807, 2.05) is 0 Å². The second-order valence-corrected chi connectivity index (χ2v) is 9.03. The molecule has 1 fully saturated rings. The number of nitrogens with one attached hydrogen (secondary N) is 1. The molecular formula is C24H29NO9. The lowest BCUT2D eigenvalue weighted by Crippen LogP contribution is -2.44. The SMILES string of the molecule is COC(=O)c1ccc(OC2=COC3CC(OC(=O)CNC(=O)OC(C)(C)C)CCC3C2=O)cc1. The van der Waals surface area contributed by atoms with Gasteiger partial charge in [0.2, 0.25) is 11.5 Å². The van der Waals surface area contributed by atoms with Crippen LogP contribution in [0.1, 0.15) is 50.4 Å². The number of benzene rings is 1. The third kappa shape index (κ3) is 6.72. The first kappa shape index (κ1) is 25.1. The highest BCUT2D eigenvalue weighted by Gasteiger charge is 2.42. The highest BCUT2D eigenvalue weighted by molar-refractivity contribution is 5.96. The Hall–Kier alpha value is -3.56. The Morgan fingerprint density at radius 3 is 2.47 bits per heavy atom. The maximum absolute atomic E-state index is 12.9. The summed E-state index contributed by atoms with van der Waals surface area (Å²) in [4.78, 5) is 48.2. The molecule has 1 amide bonds. The summed E-state index contributed by atoms with van der Waals surface area (Å²) in [6.45, 7) is 4.85. The maximum Gasteiger partial charge on any atom is 0.408 e. The number of Topliss-reactive ketones (excluding diaryl/α,β-unsaturated/α-hetero) is 1. The van der Waals surface area contributed by atoms with Gasteiger partial charge in [-0.25, -0.2) is 9.59 Å². The van der Waals surface area contributed by atoms with Crippen LogP contribution in [0.4, 0.5) is 4.79 Å². The number of allylic oxidation sites excluding steroid dienone is 1. The smallest absolute Gasteiger partial charge is 0.408 e. The molecule has 1 N–H and O–H groups in total. The second kappa shape index (κ2) is 10.6. The van der Waals surface area contributed by atoms with Gasteiger partial charge in [-0.1, -0.05) is 0 Å². The van der Waals surface area contributed by atoms with Crippen LogP contribution in [0.5, 0.6) is 5.75 Å². The Labute approximate surface area is 197 Å². The predicted octanol–water partition coefficient (Wildman–Crippen LogP) is 2.90. The van der Waals surface area contributed by atoms with E-state index in [1.165, 1.54) is 25.5 Å². The third-order valence-corrected chi connectivity index (χ3v) is 5.25. The topological polar surface area (TPSA) is 126 Å². The van der Waals surface area contributed by atoms with E-state index >= 15 is 0 Å². The summed E-state index contributed by atoms with van der Waals surface area (Å²) >= 11 is 0. The third-order valence-electron chi connectivity index (χ3n) is 5.25. The fraction of sp³-hybridized carbons (Fsp3) is 0.500. The van der Waals surface area contributed by atoms with Crippen LogP contribution in [-0.2, 0) is 28.5 Å². The van der Waals surface area contributed by atoms with Crippen molar-refractivity contribution < 1.29 is 42.9 Å². The van der Waals surface area contributed by atoms with Crippen LogP contribution >= 0.6 is 0 Å². The fourth-order valence-corrected chi connectivity index (χ4v) is 3.70. The number of methoxy groups -OCH3 is 1. The van der Waals surface area contributed by atoms with Crippen molar-refractivity contribution in [1.29, 1.82) is 0 Å². The fourth-order valence-electron chi connectivity index (χ4n) is 3.70. The van der Waals surface area contributed by atoms with Crippen LogP contribution in [0, 0.1) is 5.92 Å². The van der Waals surface area contributed by atoms with E-state index < -0.39 is 41.8 Å². The summed E-state index contributed by atoms with van der Waals surface area (Å²) in [6.07, 6.45) is 0.999. The van der Waals surface area contributed by atoms with Crippen LogP contribution in [0.2, 0.25) is 0 Å².